The molecule has 1 rings (SSSR count). The minimum Gasteiger partial charge on any atom is -0.399 e. The number of hydrogen-bond acceptors (Lipinski definition) is 3. The van der Waals surface area contributed by atoms with Gasteiger partial charge in [0, 0.05) is 24.5 Å². The number of nitrogens with two attached hydrogens (primary N) is 1. The van der Waals surface area contributed by atoms with Crippen molar-refractivity contribution < 1.29 is 4.74 Å². The van der Waals surface area contributed by atoms with E-state index in [0.29, 0.717) is 6.10 Å². The molecule has 0 saturated heterocycles. The minimum absolute atomic E-state index is 0.291. The van der Waals surface area contributed by atoms with Crippen molar-refractivity contribution in [2.75, 3.05) is 30.3 Å². The van der Waals surface area contributed by atoms with Crippen LogP contribution in [-0.4, -0.2) is 25.8 Å². The molecular weight excluding hydrogens is 200 g/mol. The maximum Gasteiger partial charge on any atom is 0.0645 e. The highest BCUT2D eigenvalue weighted by Crippen LogP contribution is 2.16. The summed E-state index contributed by atoms with van der Waals surface area (Å²) in [5, 5.41) is 0. The lowest BCUT2D eigenvalue weighted by molar-refractivity contribution is 0.0842. The van der Waals surface area contributed by atoms with E-state index in [2.05, 4.69) is 31.7 Å². The molecule has 0 bridgehead atoms. The van der Waals surface area contributed by atoms with Crippen LogP contribution in [0.15, 0.2) is 24.3 Å². The number of rotatable bonds is 6. The van der Waals surface area contributed by atoms with E-state index >= 15 is 0 Å². The van der Waals surface area contributed by atoms with E-state index < -0.39 is 0 Å². The Hall–Kier alpha value is -1.22. The number of nitrogens with zero attached hydrogens (tertiary/aromatic N) is 1. The number of likely N-dealkylation sites (N-methyl/N-ethyl adjacent to an activating group) is 1. The molecule has 0 saturated carbocycles. The second-order valence-electron chi connectivity index (χ2n) is 4.09. The molecule has 1 aromatic rings. The largest absolute Gasteiger partial charge is 0.399 e. The van der Waals surface area contributed by atoms with Crippen LogP contribution in [-0.2, 0) is 4.74 Å². The van der Waals surface area contributed by atoms with E-state index in [1.54, 1.807) is 0 Å². The fraction of sp³-hybridized carbons (Fsp3) is 0.538. The predicted octanol–water partition coefficient (Wildman–Crippen LogP) is 2.52. The molecule has 16 heavy (non-hydrogen) atoms. The van der Waals surface area contributed by atoms with Crippen molar-refractivity contribution in [2.45, 2.75) is 26.9 Å². The van der Waals surface area contributed by atoms with E-state index in [0.717, 1.165) is 31.1 Å². The van der Waals surface area contributed by atoms with Crippen LogP contribution in [0, 0.1) is 0 Å². The van der Waals surface area contributed by atoms with Gasteiger partial charge in [-0.05, 0) is 39.0 Å². The summed E-state index contributed by atoms with van der Waals surface area (Å²) in [5.74, 6) is 0. The van der Waals surface area contributed by atoms with Crippen molar-refractivity contribution in [3.05, 3.63) is 24.3 Å². The van der Waals surface area contributed by atoms with E-state index in [1.807, 2.05) is 18.2 Å². The molecule has 0 heterocycles. The fourth-order valence-corrected chi connectivity index (χ4v) is 1.59. The van der Waals surface area contributed by atoms with Crippen molar-refractivity contribution in [2.24, 2.45) is 0 Å². The molecule has 0 aliphatic heterocycles. The van der Waals surface area contributed by atoms with Gasteiger partial charge in [0.1, 0.15) is 0 Å². The highest BCUT2D eigenvalue weighted by atomic mass is 16.5. The molecule has 90 valence electrons. The van der Waals surface area contributed by atoms with Crippen LogP contribution in [0.4, 0.5) is 11.4 Å². The number of hydrogen-bond donors (Lipinski definition) is 1. The van der Waals surface area contributed by atoms with Gasteiger partial charge in [-0.15, -0.1) is 0 Å². The number of anilines is 2. The molecular formula is C13H22N2O. The van der Waals surface area contributed by atoms with Gasteiger partial charge in [-0.1, -0.05) is 6.07 Å². The van der Waals surface area contributed by atoms with Crippen molar-refractivity contribution in [3.8, 4) is 0 Å². The standard InChI is InChI=1S/C13H22N2O/c1-4-15(8-9-16-11(2)3)13-7-5-6-12(14)10-13/h5-7,10-11H,4,8-9,14H2,1-3H3. The Morgan fingerprint density at radius 1 is 1.38 bits per heavy atom. The number of nitrogen functional groups attached to an aromatic ring is 1. The summed E-state index contributed by atoms with van der Waals surface area (Å²) in [6, 6.07) is 7.96. The van der Waals surface area contributed by atoms with Gasteiger partial charge in [-0.2, -0.15) is 0 Å². The minimum atomic E-state index is 0.291. The Bertz CT molecular complexity index is 313. The Kier molecular flexibility index (Phi) is 5.12. The Morgan fingerprint density at radius 2 is 2.12 bits per heavy atom. The van der Waals surface area contributed by atoms with Crippen LogP contribution in [0.5, 0.6) is 0 Å². The van der Waals surface area contributed by atoms with Gasteiger partial charge in [0.2, 0.25) is 0 Å². The summed E-state index contributed by atoms with van der Waals surface area (Å²) in [6.45, 7) is 8.86. The van der Waals surface area contributed by atoms with Crippen molar-refractivity contribution >= 4 is 11.4 Å². The molecule has 0 unspecified atom stereocenters. The van der Waals surface area contributed by atoms with Gasteiger partial charge < -0.3 is 15.4 Å². The van der Waals surface area contributed by atoms with Crippen molar-refractivity contribution in [1.29, 1.82) is 0 Å². The summed E-state index contributed by atoms with van der Waals surface area (Å²) >= 11 is 0. The lowest BCUT2D eigenvalue weighted by Crippen LogP contribution is -2.28. The van der Waals surface area contributed by atoms with Crippen LogP contribution in [0.1, 0.15) is 20.8 Å². The lowest BCUT2D eigenvalue weighted by Gasteiger charge is -2.23. The average Bonchev–Trinajstić information content (AvgIpc) is 2.24. The van der Waals surface area contributed by atoms with Crippen LogP contribution >= 0.6 is 0 Å². The topological polar surface area (TPSA) is 38.5 Å². The lowest BCUT2D eigenvalue weighted by atomic mass is 10.2. The van der Waals surface area contributed by atoms with Crippen LogP contribution in [0.25, 0.3) is 0 Å². The molecule has 0 aliphatic rings. The first-order valence-electron chi connectivity index (χ1n) is 5.85. The average molecular weight is 222 g/mol. The first-order chi connectivity index (χ1) is 7.63. The Balaban J connectivity index is 2.53. The third-order valence-electron chi connectivity index (χ3n) is 2.43. The summed E-state index contributed by atoms with van der Waals surface area (Å²) in [6.07, 6.45) is 0.291. The van der Waals surface area contributed by atoms with E-state index in [-0.39, 0.29) is 0 Å². The van der Waals surface area contributed by atoms with Crippen LogP contribution < -0.4 is 10.6 Å². The smallest absolute Gasteiger partial charge is 0.0645 e. The molecule has 3 nitrogen and oxygen atoms in total. The number of benzene rings is 1. The predicted molar refractivity (Wildman–Crippen MR) is 69.8 cm³/mol. The highest BCUT2D eigenvalue weighted by molar-refractivity contribution is 5.55. The Morgan fingerprint density at radius 3 is 2.69 bits per heavy atom. The van der Waals surface area contributed by atoms with Gasteiger partial charge in [0.15, 0.2) is 0 Å². The van der Waals surface area contributed by atoms with E-state index in [1.165, 1.54) is 0 Å². The summed E-state index contributed by atoms with van der Waals surface area (Å²) in [4.78, 5) is 2.26. The summed E-state index contributed by atoms with van der Waals surface area (Å²) < 4.78 is 5.55. The normalized spacial score (nSPS) is 10.8. The second kappa shape index (κ2) is 6.38. The zero-order valence-corrected chi connectivity index (χ0v) is 10.4. The summed E-state index contributed by atoms with van der Waals surface area (Å²) in [5.41, 5.74) is 7.74. The van der Waals surface area contributed by atoms with Gasteiger partial charge in [0.05, 0.1) is 12.7 Å². The molecule has 0 fully saturated rings. The maximum absolute atomic E-state index is 5.77. The molecule has 1 aromatic carbocycles. The molecule has 2 N–H and O–H groups in total. The molecule has 0 atom stereocenters. The molecule has 0 radical (unpaired) electrons. The first kappa shape index (κ1) is 12.8. The first-order valence-corrected chi connectivity index (χ1v) is 5.85. The third-order valence-corrected chi connectivity index (χ3v) is 2.43. The van der Waals surface area contributed by atoms with Gasteiger partial charge >= 0.3 is 0 Å². The molecule has 0 aromatic heterocycles. The van der Waals surface area contributed by atoms with E-state index in [4.69, 9.17) is 10.5 Å². The van der Waals surface area contributed by atoms with Gasteiger partial charge in [0.25, 0.3) is 0 Å². The molecule has 0 amide bonds. The zero-order valence-electron chi connectivity index (χ0n) is 10.4. The van der Waals surface area contributed by atoms with Crippen LogP contribution in [0.3, 0.4) is 0 Å². The molecule has 3 heteroatoms. The highest BCUT2D eigenvalue weighted by Gasteiger charge is 2.04. The number of ether oxygens (including phenoxy) is 1. The maximum atomic E-state index is 5.77. The SMILES string of the molecule is CCN(CCOC(C)C)c1cccc(N)c1. The Labute approximate surface area is 98.2 Å². The third kappa shape index (κ3) is 4.11. The van der Waals surface area contributed by atoms with Crippen molar-refractivity contribution in [3.63, 3.8) is 0 Å². The van der Waals surface area contributed by atoms with Crippen molar-refractivity contribution in [1.82, 2.24) is 0 Å². The monoisotopic (exact) mass is 222 g/mol. The van der Waals surface area contributed by atoms with Gasteiger partial charge in [-0.25, -0.2) is 0 Å². The molecule has 0 spiro atoms. The van der Waals surface area contributed by atoms with E-state index in [9.17, 15) is 0 Å². The fourth-order valence-electron chi connectivity index (χ4n) is 1.59. The second-order valence-corrected chi connectivity index (χ2v) is 4.09. The van der Waals surface area contributed by atoms with Crippen LogP contribution in [0.2, 0.25) is 0 Å². The molecule has 0 aliphatic carbocycles. The summed E-state index contributed by atoms with van der Waals surface area (Å²) in [7, 11) is 0. The van der Waals surface area contributed by atoms with Gasteiger partial charge in [-0.3, -0.25) is 0 Å². The zero-order chi connectivity index (χ0) is 12.0. The quantitative estimate of drug-likeness (QED) is 0.752.